The highest BCUT2D eigenvalue weighted by Crippen LogP contribution is 2.38. The van der Waals surface area contributed by atoms with Crippen LogP contribution in [0.1, 0.15) is 17.1 Å². The van der Waals surface area contributed by atoms with Gasteiger partial charge in [0.15, 0.2) is 11.5 Å². The smallest absolute Gasteiger partial charge is 0.179 e. The van der Waals surface area contributed by atoms with Gasteiger partial charge in [-0.2, -0.15) is 0 Å². The quantitative estimate of drug-likeness (QED) is 0.648. The third-order valence-electron chi connectivity index (χ3n) is 3.98. The van der Waals surface area contributed by atoms with Crippen molar-refractivity contribution in [2.45, 2.75) is 19.6 Å². The van der Waals surface area contributed by atoms with Crippen LogP contribution in [0.2, 0.25) is 5.02 Å². The Labute approximate surface area is 150 Å². The van der Waals surface area contributed by atoms with Crippen LogP contribution in [0.4, 0.5) is 0 Å². The molecule has 1 aromatic carbocycles. The summed E-state index contributed by atoms with van der Waals surface area (Å²) in [5.74, 6) is 3.12. The second kappa shape index (κ2) is 7.25. The lowest BCUT2D eigenvalue weighted by molar-refractivity contribution is 0.170. The van der Waals surface area contributed by atoms with Crippen LogP contribution in [-0.4, -0.2) is 18.1 Å². The Morgan fingerprint density at radius 1 is 0.880 bits per heavy atom. The Balaban J connectivity index is 1.56. The fraction of sp³-hybridized carbons (Fsp3) is 0.263. The van der Waals surface area contributed by atoms with Crippen LogP contribution in [0.3, 0.4) is 0 Å². The van der Waals surface area contributed by atoms with Gasteiger partial charge in [-0.15, -0.1) is 0 Å². The minimum Gasteiger partial charge on any atom is -0.486 e. The van der Waals surface area contributed by atoms with Crippen LogP contribution in [0.5, 0.6) is 11.5 Å². The first kappa shape index (κ1) is 16.1. The number of furan rings is 2. The fourth-order valence-corrected chi connectivity index (χ4v) is 3.22. The van der Waals surface area contributed by atoms with Crippen LogP contribution >= 0.6 is 11.6 Å². The van der Waals surface area contributed by atoms with Crippen LogP contribution in [0, 0.1) is 0 Å². The summed E-state index contributed by atoms with van der Waals surface area (Å²) in [4.78, 5) is 2.22. The molecule has 0 saturated carbocycles. The van der Waals surface area contributed by atoms with Gasteiger partial charge in [-0.05, 0) is 42.0 Å². The van der Waals surface area contributed by atoms with Crippen molar-refractivity contribution in [2.75, 3.05) is 13.2 Å². The standard InChI is InChI=1S/C19H18ClNO4/c20-17-9-14(10-18-19(17)25-8-7-24-18)11-21(12-15-3-1-5-22-15)13-16-4-2-6-23-16/h1-6,9-10H,7-8,11-13H2. The highest BCUT2D eigenvalue weighted by Gasteiger charge is 2.18. The predicted octanol–water partition coefficient (Wildman–Crippen LogP) is 4.50. The Kier molecular flexibility index (Phi) is 4.68. The van der Waals surface area contributed by atoms with E-state index in [1.807, 2.05) is 36.4 Å². The molecule has 1 aliphatic rings. The number of fused-ring (bicyclic) bond motifs is 1. The van der Waals surface area contributed by atoms with E-state index in [1.54, 1.807) is 12.5 Å². The van der Waals surface area contributed by atoms with E-state index in [9.17, 15) is 0 Å². The van der Waals surface area contributed by atoms with Crippen LogP contribution in [-0.2, 0) is 19.6 Å². The van der Waals surface area contributed by atoms with Crippen molar-refractivity contribution in [2.24, 2.45) is 0 Å². The van der Waals surface area contributed by atoms with E-state index in [4.69, 9.17) is 29.9 Å². The summed E-state index contributed by atoms with van der Waals surface area (Å²) in [6.45, 7) is 3.07. The van der Waals surface area contributed by atoms with Crippen molar-refractivity contribution < 1.29 is 18.3 Å². The molecule has 0 fully saturated rings. The van der Waals surface area contributed by atoms with Crippen LogP contribution in [0.15, 0.2) is 57.8 Å². The van der Waals surface area contributed by atoms with Gasteiger partial charge in [0.05, 0.1) is 30.6 Å². The Bertz CT molecular complexity index is 778. The van der Waals surface area contributed by atoms with Crippen molar-refractivity contribution >= 4 is 11.6 Å². The molecule has 5 nitrogen and oxygen atoms in total. The summed E-state index contributed by atoms with van der Waals surface area (Å²) in [6.07, 6.45) is 3.36. The van der Waals surface area contributed by atoms with Crippen molar-refractivity contribution in [3.8, 4) is 11.5 Å². The van der Waals surface area contributed by atoms with Gasteiger partial charge in [0.25, 0.3) is 0 Å². The molecule has 0 aliphatic carbocycles. The third kappa shape index (κ3) is 3.83. The van der Waals surface area contributed by atoms with Crippen molar-refractivity contribution in [3.05, 3.63) is 71.0 Å². The van der Waals surface area contributed by atoms with E-state index in [1.165, 1.54) is 0 Å². The molecular formula is C19H18ClNO4. The lowest BCUT2D eigenvalue weighted by atomic mass is 10.1. The molecule has 25 heavy (non-hydrogen) atoms. The minimum absolute atomic E-state index is 0.523. The summed E-state index contributed by atoms with van der Waals surface area (Å²) in [5, 5.41) is 0.572. The van der Waals surface area contributed by atoms with Gasteiger partial charge in [-0.1, -0.05) is 11.6 Å². The molecule has 130 valence electrons. The number of ether oxygens (including phenoxy) is 2. The van der Waals surface area contributed by atoms with Gasteiger partial charge in [-0.3, -0.25) is 4.90 Å². The highest BCUT2D eigenvalue weighted by molar-refractivity contribution is 6.32. The van der Waals surface area contributed by atoms with E-state index in [2.05, 4.69) is 4.90 Å². The first-order chi connectivity index (χ1) is 12.3. The van der Waals surface area contributed by atoms with E-state index >= 15 is 0 Å². The Morgan fingerprint density at radius 3 is 2.20 bits per heavy atom. The molecule has 0 atom stereocenters. The molecule has 0 spiro atoms. The number of benzene rings is 1. The number of rotatable bonds is 6. The zero-order valence-electron chi connectivity index (χ0n) is 13.6. The number of hydrogen-bond acceptors (Lipinski definition) is 5. The Morgan fingerprint density at radius 2 is 1.56 bits per heavy atom. The van der Waals surface area contributed by atoms with Gasteiger partial charge in [0.2, 0.25) is 0 Å². The normalized spacial score (nSPS) is 13.4. The number of halogens is 1. The van der Waals surface area contributed by atoms with E-state index in [0.717, 1.165) is 17.1 Å². The second-order valence-corrected chi connectivity index (χ2v) is 6.31. The monoisotopic (exact) mass is 359 g/mol. The average Bonchev–Trinajstić information content (AvgIpc) is 3.29. The molecule has 1 aliphatic heterocycles. The molecule has 3 heterocycles. The van der Waals surface area contributed by atoms with Gasteiger partial charge in [0, 0.05) is 6.54 Å². The molecule has 0 saturated heterocycles. The summed E-state index contributed by atoms with van der Waals surface area (Å²) in [5.41, 5.74) is 1.05. The van der Waals surface area contributed by atoms with Gasteiger partial charge < -0.3 is 18.3 Å². The molecule has 6 heteroatoms. The van der Waals surface area contributed by atoms with E-state index in [-0.39, 0.29) is 0 Å². The first-order valence-corrected chi connectivity index (χ1v) is 8.51. The predicted molar refractivity (Wildman–Crippen MR) is 92.8 cm³/mol. The third-order valence-corrected chi connectivity index (χ3v) is 4.26. The summed E-state index contributed by atoms with van der Waals surface area (Å²) in [7, 11) is 0. The largest absolute Gasteiger partial charge is 0.486 e. The maximum atomic E-state index is 6.36. The SMILES string of the molecule is Clc1cc(CN(Cc2ccco2)Cc2ccco2)cc2c1OCCO2. The Hall–Kier alpha value is -2.37. The van der Waals surface area contributed by atoms with Crippen molar-refractivity contribution in [1.82, 2.24) is 4.90 Å². The van der Waals surface area contributed by atoms with E-state index in [0.29, 0.717) is 49.4 Å². The molecule has 4 rings (SSSR count). The average molecular weight is 360 g/mol. The topological polar surface area (TPSA) is 48.0 Å². The zero-order chi connectivity index (χ0) is 17.1. The zero-order valence-corrected chi connectivity index (χ0v) is 14.4. The maximum Gasteiger partial charge on any atom is 0.179 e. The van der Waals surface area contributed by atoms with Crippen molar-refractivity contribution in [3.63, 3.8) is 0 Å². The first-order valence-electron chi connectivity index (χ1n) is 8.13. The molecule has 0 amide bonds. The highest BCUT2D eigenvalue weighted by atomic mass is 35.5. The second-order valence-electron chi connectivity index (χ2n) is 5.91. The lowest BCUT2D eigenvalue weighted by Gasteiger charge is -2.23. The van der Waals surface area contributed by atoms with Gasteiger partial charge >= 0.3 is 0 Å². The van der Waals surface area contributed by atoms with E-state index < -0.39 is 0 Å². The fourth-order valence-electron chi connectivity index (χ4n) is 2.93. The van der Waals surface area contributed by atoms with Gasteiger partial charge in [0.1, 0.15) is 24.7 Å². The van der Waals surface area contributed by atoms with Crippen LogP contribution in [0.25, 0.3) is 0 Å². The summed E-state index contributed by atoms with van der Waals surface area (Å²) in [6, 6.07) is 11.6. The molecule has 0 N–H and O–H groups in total. The van der Waals surface area contributed by atoms with Crippen molar-refractivity contribution in [1.29, 1.82) is 0 Å². The number of hydrogen-bond donors (Lipinski definition) is 0. The summed E-state index contributed by atoms with van der Waals surface area (Å²) >= 11 is 6.36. The number of nitrogens with zero attached hydrogens (tertiary/aromatic N) is 1. The molecule has 2 aromatic heterocycles. The molecule has 3 aromatic rings. The molecule has 0 radical (unpaired) electrons. The lowest BCUT2D eigenvalue weighted by Crippen LogP contribution is -2.22. The molecule has 0 bridgehead atoms. The van der Waals surface area contributed by atoms with Crippen LogP contribution < -0.4 is 9.47 Å². The minimum atomic E-state index is 0.523. The van der Waals surface area contributed by atoms with Gasteiger partial charge in [-0.25, -0.2) is 0 Å². The molecular weight excluding hydrogens is 342 g/mol. The maximum absolute atomic E-state index is 6.36. The summed E-state index contributed by atoms with van der Waals surface area (Å²) < 4.78 is 22.2. The molecule has 0 unspecified atom stereocenters.